The Hall–Kier alpha value is -1.07. The molecule has 1 N–H and O–H groups in total. The van der Waals surface area contributed by atoms with Crippen LogP contribution in [0.2, 0.25) is 0 Å². The van der Waals surface area contributed by atoms with Gasteiger partial charge in [-0.15, -0.1) is 0 Å². The zero-order valence-electron chi connectivity index (χ0n) is 13.3. The second kappa shape index (κ2) is 7.80. The molecule has 0 saturated carbocycles. The summed E-state index contributed by atoms with van der Waals surface area (Å²) >= 11 is 3.46. The zero-order valence-corrected chi connectivity index (χ0v) is 14.9. The third-order valence-electron chi connectivity index (χ3n) is 2.53. The van der Waals surface area contributed by atoms with E-state index in [1.165, 1.54) is 0 Å². The lowest BCUT2D eigenvalue weighted by Crippen LogP contribution is -2.35. The van der Waals surface area contributed by atoms with Crippen LogP contribution in [0.5, 0.6) is 5.75 Å². The Kier molecular flexibility index (Phi) is 6.68. The summed E-state index contributed by atoms with van der Waals surface area (Å²) in [7, 11) is 0. The Morgan fingerprint density at radius 3 is 2.52 bits per heavy atom. The maximum atomic E-state index is 11.4. The molecule has 21 heavy (non-hydrogen) atoms. The second-order valence-corrected chi connectivity index (χ2v) is 7.05. The van der Waals surface area contributed by atoms with Gasteiger partial charge in [-0.05, 0) is 68.2 Å². The monoisotopic (exact) mass is 357 g/mol. The molecule has 4 nitrogen and oxygen atoms in total. The third-order valence-corrected chi connectivity index (χ3v) is 3.15. The van der Waals surface area contributed by atoms with Gasteiger partial charge in [0.05, 0.1) is 10.6 Å². The summed E-state index contributed by atoms with van der Waals surface area (Å²) in [5.41, 5.74) is 1.22. The Bertz CT molecular complexity index is 481. The molecule has 0 heterocycles. The van der Waals surface area contributed by atoms with E-state index in [1.54, 1.807) is 0 Å². The van der Waals surface area contributed by atoms with Crippen molar-refractivity contribution in [2.45, 2.75) is 52.8 Å². The summed E-state index contributed by atoms with van der Waals surface area (Å²) in [6, 6.07) is 5.82. The predicted octanol–water partition coefficient (Wildman–Crippen LogP) is 3.67. The summed E-state index contributed by atoms with van der Waals surface area (Å²) < 4.78 is 11.3. The van der Waals surface area contributed by atoms with Crippen molar-refractivity contribution in [1.29, 1.82) is 0 Å². The highest BCUT2D eigenvalue weighted by molar-refractivity contribution is 9.10. The molecular weight excluding hydrogens is 334 g/mol. The Balaban J connectivity index is 2.56. The van der Waals surface area contributed by atoms with Gasteiger partial charge in [-0.2, -0.15) is 0 Å². The highest BCUT2D eigenvalue weighted by atomic mass is 79.9. The molecule has 1 rings (SSSR count). The van der Waals surface area contributed by atoms with Gasteiger partial charge < -0.3 is 14.8 Å². The number of nitrogens with one attached hydrogen (secondary N) is 1. The molecule has 0 unspecified atom stereocenters. The van der Waals surface area contributed by atoms with Crippen LogP contribution in [0.15, 0.2) is 22.7 Å². The summed E-state index contributed by atoms with van der Waals surface area (Å²) in [6.07, 6.45) is -0.129. The third kappa shape index (κ3) is 7.48. The maximum absolute atomic E-state index is 11.4. The number of ether oxygens (including phenoxy) is 2. The number of halogens is 1. The van der Waals surface area contributed by atoms with Crippen molar-refractivity contribution in [3.8, 4) is 5.75 Å². The largest absolute Gasteiger partial charge is 0.481 e. The van der Waals surface area contributed by atoms with Crippen LogP contribution in [0.1, 0.15) is 40.2 Å². The molecule has 0 aliphatic heterocycles. The normalized spacial score (nSPS) is 11.6. The first kappa shape index (κ1) is 18.0. The van der Waals surface area contributed by atoms with Gasteiger partial charge in [-0.1, -0.05) is 6.07 Å². The van der Waals surface area contributed by atoms with E-state index in [9.17, 15) is 4.79 Å². The highest BCUT2D eigenvalue weighted by Gasteiger charge is 2.11. The first-order valence-corrected chi connectivity index (χ1v) is 7.82. The van der Waals surface area contributed by atoms with Crippen molar-refractivity contribution in [1.82, 2.24) is 5.32 Å². The molecule has 0 amide bonds. The first-order valence-electron chi connectivity index (χ1n) is 7.03. The quantitative estimate of drug-likeness (QED) is 0.789. The summed E-state index contributed by atoms with van der Waals surface area (Å²) in [5, 5.41) is 3.42. The number of esters is 1. The van der Waals surface area contributed by atoms with E-state index in [0.29, 0.717) is 5.75 Å². The molecule has 0 radical (unpaired) electrons. The van der Waals surface area contributed by atoms with E-state index in [0.717, 1.165) is 16.6 Å². The molecule has 0 aromatic heterocycles. The topological polar surface area (TPSA) is 47.6 Å². The van der Waals surface area contributed by atoms with Crippen molar-refractivity contribution >= 4 is 21.9 Å². The minimum atomic E-state index is -0.365. The fraction of sp³-hybridized carbons (Fsp3) is 0.562. The molecule has 0 fully saturated rings. The van der Waals surface area contributed by atoms with E-state index in [-0.39, 0.29) is 24.2 Å². The van der Waals surface area contributed by atoms with Gasteiger partial charge in [-0.3, -0.25) is 0 Å². The van der Waals surface area contributed by atoms with Gasteiger partial charge in [0.15, 0.2) is 6.61 Å². The Morgan fingerprint density at radius 1 is 1.33 bits per heavy atom. The van der Waals surface area contributed by atoms with Crippen molar-refractivity contribution in [2.75, 3.05) is 6.61 Å². The van der Waals surface area contributed by atoms with Crippen LogP contribution in [0.3, 0.4) is 0 Å². The van der Waals surface area contributed by atoms with Gasteiger partial charge in [0, 0.05) is 12.1 Å². The van der Waals surface area contributed by atoms with Gasteiger partial charge >= 0.3 is 5.97 Å². The van der Waals surface area contributed by atoms with E-state index in [2.05, 4.69) is 42.0 Å². The number of carbonyl (C=O) groups excluding carboxylic acids is 1. The van der Waals surface area contributed by atoms with Crippen LogP contribution < -0.4 is 10.1 Å². The fourth-order valence-electron chi connectivity index (χ4n) is 1.57. The first-order chi connectivity index (χ1) is 9.67. The van der Waals surface area contributed by atoms with Crippen LogP contribution in [0.4, 0.5) is 0 Å². The molecular formula is C16H24BrNO3. The molecule has 1 aromatic carbocycles. The van der Waals surface area contributed by atoms with Gasteiger partial charge in [0.1, 0.15) is 5.75 Å². The standard InChI is InChI=1S/C16H24BrNO3/c1-11(2)21-15(19)10-20-14-7-6-12(8-13(14)17)9-18-16(3,4)5/h6-8,11,18H,9-10H2,1-5H3. The SMILES string of the molecule is CC(C)OC(=O)COc1ccc(CNC(C)(C)C)cc1Br. The van der Waals surface area contributed by atoms with Crippen LogP contribution in [-0.2, 0) is 16.1 Å². The predicted molar refractivity (Wildman–Crippen MR) is 87.5 cm³/mol. The lowest BCUT2D eigenvalue weighted by molar-refractivity contribution is -0.149. The molecule has 0 spiro atoms. The minimum Gasteiger partial charge on any atom is -0.481 e. The fourth-order valence-corrected chi connectivity index (χ4v) is 2.11. The number of hydrogen-bond acceptors (Lipinski definition) is 4. The van der Waals surface area contributed by atoms with E-state index in [4.69, 9.17) is 9.47 Å². The van der Waals surface area contributed by atoms with Crippen LogP contribution >= 0.6 is 15.9 Å². The van der Waals surface area contributed by atoms with Crippen LogP contribution in [0.25, 0.3) is 0 Å². The van der Waals surface area contributed by atoms with Gasteiger partial charge in [0.2, 0.25) is 0 Å². The summed E-state index contributed by atoms with van der Waals surface area (Å²) in [4.78, 5) is 11.4. The second-order valence-electron chi connectivity index (χ2n) is 6.20. The smallest absolute Gasteiger partial charge is 0.344 e. The minimum absolute atomic E-state index is 0.0717. The van der Waals surface area contributed by atoms with E-state index >= 15 is 0 Å². The average Bonchev–Trinajstić information content (AvgIpc) is 2.33. The lowest BCUT2D eigenvalue weighted by Gasteiger charge is -2.20. The number of benzene rings is 1. The van der Waals surface area contributed by atoms with E-state index in [1.807, 2.05) is 32.0 Å². The lowest BCUT2D eigenvalue weighted by atomic mass is 10.1. The molecule has 0 saturated heterocycles. The van der Waals surface area contributed by atoms with Gasteiger partial charge in [-0.25, -0.2) is 4.79 Å². The highest BCUT2D eigenvalue weighted by Crippen LogP contribution is 2.26. The molecule has 1 aromatic rings. The molecule has 0 bridgehead atoms. The summed E-state index contributed by atoms with van der Waals surface area (Å²) in [6.45, 7) is 10.7. The molecule has 0 aliphatic carbocycles. The Morgan fingerprint density at radius 2 is 2.00 bits per heavy atom. The molecule has 5 heteroatoms. The number of carbonyl (C=O) groups is 1. The van der Waals surface area contributed by atoms with Crippen molar-refractivity contribution in [2.24, 2.45) is 0 Å². The Labute approximate surface area is 135 Å². The van der Waals surface area contributed by atoms with Crippen molar-refractivity contribution in [3.05, 3.63) is 28.2 Å². The van der Waals surface area contributed by atoms with Crippen molar-refractivity contribution in [3.63, 3.8) is 0 Å². The molecule has 118 valence electrons. The van der Waals surface area contributed by atoms with Crippen LogP contribution in [-0.4, -0.2) is 24.2 Å². The molecule has 0 aliphatic rings. The van der Waals surface area contributed by atoms with E-state index < -0.39 is 0 Å². The number of rotatable bonds is 6. The zero-order chi connectivity index (χ0) is 16.0. The maximum Gasteiger partial charge on any atom is 0.344 e. The number of hydrogen-bond donors (Lipinski definition) is 1. The van der Waals surface area contributed by atoms with Crippen LogP contribution in [0, 0.1) is 0 Å². The summed E-state index contributed by atoms with van der Waals surface area (Å²) in [5.74, 6) is 0.269. The van der Waals surface area contributed by atoms with Gasteiger partial charge in [0.25, 0.3) is 0 Å². The average molecular weight is 358 g/mol. The molecule has 0 atom stereocenters. The van der Waals surface area contributed by atoms with Crippen molar-refractivity contribution < 1.29 is 14.3 Å².